The minimum atomic E-state index is 0.0596. The van der Waals surface area contributed by atoms with Crippen molar-refractivity contribution in [2.45, 2.75) is 40.5 Å². The van der Waals surface area contributed by atoms with Crippen LogP contribution >= 0.6 is 0 Å². The Balaban J connectivity index is 1.72. The number of aromatic nitrogens is 2. The number of rotatable bonds is 4. The third-order valence-corrected chi connectivity index (χ3v) is 3.62. The lowest BCUT2D eigenvalue weighted by atomic mass is 9.91. The Bertz CT molecular complexity index is 470. The van der Waals surface area contributed by atoms with Gasteiger partial charge in [0.25, 0.3) is 0 Å². The normalized spacial score (nSPS) is 17.2. The Kier molecular flexibility index (Phi) is 4.98. The van der Waals surface area contributed by atoms with E-state index < -0.39 is 0 Å². The predicted octanol–water partition coefficient (Wildman–Crippen LogP) is 1.50. The molecule has 0 aliphatic carbocycles. The molecule has 0 bridgehead atoms. The number of piperazine rings is 1. The zero-order valence-corrected chi connectivity index (χ0v) is 13.6. The first-order chi connectivity index (χ1) is 9.83. The second-order valence-corrected chi connectivity index (χ2v) is 6.92. The van der Waals surface area contributed by atoms with E-state index in [4.69, 9.17) is 4.42 Å². The zero-order chi connectivity index (χ0) is 15.5. The number of aryl methyl sites for hydroxylation is 1. The molecule has 1 amide bonds. The quantitative estimate of drug-likeness (QED) is 0.842. The standard InChI is InChI=1S/C15H26N4O2/c1-12-16-17-13(21-12)5-6-18-7-9-19(10-8-18)14(20)11-15(2,3)4/h5-11H2,1-4H3. The van der Waals surface area contributed by atoms with E-state index in [1.165, 1.54) is 0 Å². The lowest BCUT2D eigenvalue weighted by molar-refractivity contribution is -0.134. The van der Waals surface area contributed by atoms with E-state index in [-0.39, 0.29) is 11.3 Å². The van der Waals surface area contributed by atoms with Gasteiger partial charge >= 0.3 is 0 Å². The van der Waals surface area contributed by atoms with E-state index in [1.54, 1.807) is 6.92 Å². The first-order valence-electron chi connectivity index (χ1n) is 7.62. The number of carbonyl (C=O) groups is 1. The molecule has 0 N–H and O–H groups in total. The first kappa shape index (κ1) is 15.9. The number of carbonyl (C=O) groups excluding carboxylic acids is 1. The van der Waals surface area contributed by atoms with Crippen LogP contribution in [-0.2, 0) is 11.2 Å². The van der Waals surface area contributed by atoms with Gasteiger partial charge in [0.05, 0.1) is 0 Å². The van der Waals surface area contributed by atoms with Gasteiger partial charge in [-0.3, -0.25) is 9.69 Å². The summed E-state index contributed by atoms with van der Waals surface area (Å²) in [5.41, 5.74) is 0.0596. The van der Waals surface area contributed by atoms with Gasteiger partial charge < -0.3 is 9.32 Å². The summed E-state index contributed by atoms with van der Waals surface area (Å²) in [5, 5.41) is 7.84. The van der Waals surface area contributed by atoms with Crippen LogP contribution < -0.4 is 0 Å². The maximum atomic E-state index is 12.2. The summed E-state index contributed by atoms with van der Waals surface area (Å²) < 4.78 is 5.38. The Labute approximate surface area is 126 Å². The molecule has 1 saturated heterocycles. The number of hydrogen-bond donors (Lipinski definition) is 0. The Hall–Kier alpha value is -1.43. The van der Waals surface area contributed by atoms with Crippen LogP contribution in [0.5, 0.6) is 0 Å². The van der Waals surface area contributed by atoms with Gasteiger partial charge in [-0.25, -0.2) is 0 Å². The van der Waals surface area contributed by atoms with Crippen molar-refractivity contribution in [3.63, 3.8) is 0 Å². The molecule has 1 aromatic heterocycles. The van der Waals surface area contributed by atoms with Crippen molar-refractivity contribution in [3.05, 3.63) is 11.8 Å². The zero-order valence-electron chi connectivity index (χ0n) is 13.6. The van der Waals surface area contributed by atoms with E-state index in [9.17, 15) is 4.79 Å². The molecule has 118 valence electrons. The molecular weight excluding hydrogens is 268 g/mol. The average Bonchev–Trinajstić information content (AvgIpc) is 2.81. The van der Waals surface area contributed by atoms with Crippen molar-refractivity contribution >= 4 is 5.91 Å². The largest absolute Gasteiger partial charge is 0.426 e. The molecule has 2 heterocycles. The van der Waals surface area contributed by atoms with Crippen LogP contribution in [0.3, 0.4) is 0 Å². The molecule has 1 fully saturated rings. The van der Waals surface area contributed by atoms with Crippen LogP contribution in [0.25, 0.3) is 0 Å². The molecule has 6 nitrogen and oxygen atoms in total. The molecule has 1 aliphatic rings. The van der Waals surface area contributed by atoms with Gasteiger partial charge in [-0.2, -0.15) is 0 Å². The Morgan fingerprint density at radius 2 is 1.86 bits per heavy atom. The molecule has 0 spiro atoms. The molecule has 6 heteroatoms. The molecule has 1 aliphatic heterocycles. The summed E-state index contributed by atoms with van der Waals surface area (Å²) in [6.45, 7) is 12.5. The Morgan fingerprint density at radius 1 is 1.19 bits per heavy atom. The average molecular weight is 294 g/mol. The molecule has 0 atom stereocenters. The van der Waals surface area contributed by atoms with Gasteiger partial charge in [0.2, 0.25) is 17.7 Å². The van der Waals surface area contributed by atoms with Crippen molar-refractivity contribution in [2.75, 3.05) is 32.7 Å². The molecule has 0 radical (unpaired) electrons. The topological polar surface area (TPSA) is 62.5 Å². The fourth-order valence-corrected chi connectivity index (χ4v) is 2.48. The van der Waals surface area contributed by atoms with Crippen molar-refractivity contribution in [2.24, 2.45) is 5.41 Å². The predicted molar refractivity (Wildman–Crippen MR) is 79.8 cm³/mol. The van der Waals surface area contributed by atoms with Gasteiger partial charge in [-0.15, -0.1) is 10.2 Å². The highest BCUT2D eigenvalue weighted by Crippen LogP contribution is 2.20. The van der Waals surface area contributed by atoms with Gasteiger partial charge in [0, 0.05) is 52.5 Å². The van der Waals surface area contributed by atoms with Crippen molar-refractivity contribution in [3.8, 4) is 0 Å². The SMILES string of the molecule is Cc1nnc(CCN2CCN(C(=O)CC(C)(C)C)CC2)o1. The molecule has 2 rings (SSSR count). The molecule has 0 aromatic carbocycles. The summed E-state index contributed by atoms with van der Waals surface area (Å²) in [5.74, 6) is 1.58. The number of hydrogen-bond acceptors (Lipinski definition) is 5. The van der Waals surface area contributed by atoms with Gasteiger partial charge in [-0.1, -0.05) is 20.8 Å². The third kappa shape index (κ3) is 5.12. The minimum Gasteiger partial charge on any atom is -0.426 e. The van der Waals surface area contributed by atoms with Crippen LogP contribution in [0.4, 0.5) is 0 Å². The van der Waals surface area contributed by atoms with E-state index in [0.29, 0.717) is 18.2 Å². The molecular formula is C15H26N4O2. The lowest BCUT2D eigenvalue weighted by Gasteiger charge is -2.35. The van der Waals surface area contributed by atoms with Crippen LogP contribution in [0.2, 0.25) is 0 Å². The van der Waals surface area contributed by atoms with Crippen molar-refractivity contribution < 1.29 is 9.21 Å². The van der Waals surface area contributed by atoms with Crippen molar-refractivity contribution in [1.82, 2.24) is 20.0 Å². The highest BCUT2D eigenvalue weighted by atomic mass is 16.4. The fourth-order valence-electron chi connectivity index (χ4n) is 2.48. The first-order valence-corrected chi connectivity index (χ1v) is 7.62. The monoisotopic (exact) mass is 294 g/mol. The summed E-state index contributed by atoms with van der Waals surface area (Å²) in [7, 11) is 0. The van der Waals surface area contributed by atoms with Crippen LogP contribution in [0.15, 0.2) is 4.42 Å². The number of amides is 1. The highest BCUT2D eigenvalue weighted by molar-refractivity contribution is 5.76. The van der Waals surface area contributed by atoms with Crippen LogP contribution in [0, 0.1) is 12.3 Å². The van der Waals surface area contributed by atoms with Crippen LogP contribution in [-0.4, -0.2) is 58.6 Å². The second kappa shape index (κ2) is 6.56. The van der Waals surface area contributed by atoms with E-state index in [1.807, 2.05) is 4.90 Å². The van der Waals surface area contributed by atoms with Gasteiger partial charge in [0.1, 0.15) is 0 Å². The Morgan fingerprint density at radius 3 is 2.38 bits per heavy atom. The van der Waals surface area contributed by atoms with E-state index in [2.05, 4.69) is 35.9 Å². The molecule has 21 heavy (non-hydrogen) atoms. The smallest absolute Gasteiger partial charge is 0.223 e. The molecule has 0 saturated carbocycles. The van der Waals surface area contributed by atoms with Gasteiger partial charge in [-0.05, 0) is 5.41 Å². The highest BCUT2D eigenvalue weighted by Gasteiger charge is 2.24. The summed E-state index contributed by atoms with van der Waals surface area (Å²) in [4.78, 5) is 16.5. The summed E-state index contributed by atoms with van der Waals surface area (Å²) in [6, 6.07) is 0. The van der Waals surface area contributed by atoms with E-state index in [0.717, 1.165) is 39.1 Å². The van der Waals surface area contributed by atoms with E-state index >= 15 is 0 Å². The summed E-state index contributed by atoms with van der Waals surface area (Å²) in [6.07, 6.45) is 1.39. The molecule has 1 aromatic rings. The fraction of sp³-hybridized carbons (Fsp3) is 0.800. The summed E-state index contributed by atoms with van der Waals surface area (Å²) >= 11 is 0. The second-order valence-electron chi connectivity index (χ2n) is 6.92. The maximum absolute atomic E-state index is 12.2. The van der Waals surface area contributed by atoms with Crippen LogP contribution in [0.1, 0.15) is 39.0 Å². The molecule has 0 unspecified atom stereocenters. The third-order valence-electron chi connectivity index (χ3n) is 3.62. The van der Waals surface area contributed by atoms with Crippen molar-refractivity contribution in [1.29, 1.82) is 0 Å². The maximum Gasteiger partial charge on any atom is 0.223 e. The van der Waals surface area contributed by atoms with Gasteiger partial charge in [0.15, 0.2) is 0 Å². The minimum absolute atomic E-state index is 0.0596. The lowest BCUT2D eigenvalue weighted by Crippen LogP contribution is -2.49. The number of nitrogens with zero attached hydrogens (tertiary/aromatic N) is 4.